The molecule has 6 heterocycles. The smallest absolute Gasteiger partial charge is 0.410 e. The number of aromatic nitrogens is 3. The number of nitrogens with zero attached hydrogens (tertiary/aromatic N) is 6. The highest BCUT2D eigenvalue weighted by molar-refractivity contribution is 6.02. The monoisotopic (exact) mass is 849 g/mol. The van der Waals surface area contributed by atoms with Crippen molar-refractivity contribution >= 4 is 40.1 Å². The maximum absolute atomic E-state index is 17.4. The zero-order valence-electron chi connectivity index (χ0n) is 35.8. The predicted molar refractivity (Wildman–Crippen MR) is 225 cm³/mol. The Labute approximate surface area is 354 Å². The van der Waals surface area contributed by atoms with Crippen molar-refractivity contribution in [1.82, 2.24) is 30.1 Å². The number of rotatable bonds is 11. The Hall–Kier alpha value is -4.97. The number of benzene rings is 2. The van der Waals surface area contributed by atoms with Crippen molar-refractivity contribution in [2.24, 2.45) is 0 Å². The molecule has 15 nitrogen and oxygen atoms in total. The lowest BCUT2D eigenvalue weighted by Crippen LogP contribution is -2.57. The molecule has 4 atom stereocenters. The first-order chi connectivity index (χ1) is 29.3. The summed E-state index contributed by atoms with van der Waals surface area (Å²) in [7, 11) is 3.58. The number of carbonyl (C=O) groups excluding carboxylic acids is 1. The summed E-state index contributed by atoms with van der Waals surface area (Å²) in [6.07, 6.45) is 6.39. The Morgan fingerprint density at radius 3 is 2.41 bits per heavy atom. The molecule has 2 bridgehead atoms. The van der Waals surface area contributed by atoms with Gasteiger partial charge in [-0.05, 0) is 114 Å². The Morgan fingerprint density at radius 2 is 1.74 bits per heavy atom. The third kappa shape index (κ3) is 9.74. The van der Waals surface area contributed by atoms with Gasteiger partial charge in [-0.1, -0.05) is 13.0 Å². The van der Waals surface area contributed by atoms with Crippen LogP contribution in [0.25, 0.3) is 32.9 Å². The van der Waals surface area contributed by atoms with Crippen LogP contribution in [0.1, 0.15) is 65.4 Å². The summed E-state index contributed by atoms with van der Waals surface area (Å²) in [5.74, 6) is -0.170. The van der Waals surface area contributed by atoms with Gasteiger partial charge in [0.15, 0.2) is 12.6 Å². The summed E-state index contributed by atoms with van der Waals surface area (Å²) in [6, 6.07) is 6.38. The number of methoxy groups -OCH3 is 1. The zero-order chi connectivity index (χ0) is 43.4. The van der Waals surface area contributed by atoms with Gasteiger partial charge in [0.05, 0.1) is 29.7 Å². The number of anilines is 1. The molecule has 8 rings (SSSR count). The SMILES string of the molecule is CCc1c(F)ccc2cc(OCOC)cc(-c3ncc4c(N5CC6CCC(C5)N6C(=O)OC(C)(C)C)nc(OC[C@@H]5C[C@@H](OC6CCNCC6)CN5C)nc4c3F)c12.O=CO. The van der Waals surface area contributed by atoms with Crippen LogP contribution in [-0.2, 0) is 25.4 Å². The number of piperazine rings is 1. The lowest BCUT2D eigenvalue weighted by atomic mass is 9.94. The number of nitrogens with one attached hydrogen (secondary N) is 1. The van der Waals surface area contributed by atoms with E-state index in [2.05, 4.69) is 22.2 Å². The summed E-state index contributed by atoms with van der Waals surface area (Å²) in [5, 5.41) is 11.9. The summed E-state index contributed by atoms with van der Waals surface area (Å²) in [6.45, 7) is 11.1. The molecule has 0 spiro atoms. The van der Waals surface area contributed by atoms with Crippen molar-refractivity contribution < 1.29 is 47.2 Å². The highest BCUT2D eigenvalue weighted by atomic mass is 19.1. The van der Waals surface area contributed by atoms with Gasteiger partial charge in [0, 0.05) is 44.5 Å². The van der Waals surface area contributed by atoms with Gasteiger partial charge >= 0.3 is 12.1 Å². The number of piperidine rings is 1. The number of pyridine rings is 1. The lowest BCUT2D eigenvalue weighted by Gasteiger charge is -2.42. The van der Waals surface area contributed by atoms with E-state index in [0.29, 0.717) is 58.4 Å². The molecule has 2 N–H and O–H groups in total. The van der Waals surface area contributed by atoms with Crippen LogP contribution in [0.5, 0.6) is 11.8 Å². The largest absolute Gasteiger partial charge is 0.483 e. The van der Waals surface area contributed by atoms with E-state index in [4.69, 9.17) is 48.5 Å². The number of amides is 1. The molecule has 17 heteroatoms. The van der Waals surface area contributed by atoms with Crippen molar-refractivity contribution in [3.63, 3.8) is 0 Å². The van der Waals surface area contributed by atoms with Crippen LogP contribution in [-0.4, -0.2) is 139 Å². The van der Waals surface area contributed by atoms with Crippen LogP contribution >= 0.6 is 0 Å². The van der Waals surface area contributed by atoms with Crippen molar-refractivity contribution in [3.05, 3.63) is 47.7 Å². The molecule has 4 saturated heterocycles. The van der Waals surface area contributed by atoms with Crippen LogP contribution in [0.4, 0.5) is 19.4 Å². The van der Waals surface area contributed by atoms with Crippen LogP contribution in [0.15, 0.2) is 30.5 Å². The van der Waals surface area contributed by atoms with E-state index in [1.54, 1.807) is 24.4 Å². The van der Waals surface area contributed by atoms with Gasteiger partial charge in [-0.15, -0.1) is 0 Å². The summed E-state index contributed by atoms with van der Waals surface area (Å²) in [5.41, 5.74) is 0.226. The quantitative estimate of drug-likeness (QED) is 0.130. The summed E-state index contributed by atoms with van der Waals surface area (Å²) >= 11 is 0. The fourth-order valence-electron chi connectivity index (χ4n) is 9.13. The van der Waals surface area contributed by atoms with Crippen LogP contribution < -0.4 is 19.7 Å². The molecule has 0 aliphatic carbocycles. The minimum absolute atomic E-state index is 0.000453. The van der Waals surface area contributed by atoms with Gasteiger partial charge in [0.2, 0.25) is 0 Å². The van der Waals surface area contributed by atoms with Crippen LogP contribution in [0.2, 0.25) is 0 Å². The number of ether oxygens (including phenoxy) is 5. The van der Waals surface area contributed by atoms with Gasteiger partial charge in [-0.3, -0.25) is 19.6 Å². The number of aryl methyl sites for hydroxylation is 1. The maximum atomic E-state index is 17.4. The van der Waals surface area contributed by atoms with E-state index in [9.17, 15) is 4.79 Å². The third-order valence-corrected chi connectivity index (χ3v) is 11.8. The third-order valence-electron chi connectivity index (χ3n) is 11.8. The number of carboxylic acid groups (broad SMARTS) is 1. The van der Waals surface area contributed by atoms with Gasteiger partial charge in [-0.25, -0.2) is 13.6 Å². The number of fused-ring (bicyclic) bond motifs is 4. The molecule has 61 heavy (non-hydrogen) atoms. The van der Waals surface area contributed by atoms with Gasteiger partial charge in [0.1, 0.15) is 40.8 Å². The van der Waals surface area contributed by atoms with Gasteiger partial charge in [-0.2, -0.15) is 9.97 Å². The average Bonchev–Trinajstić information content (AvgIpc) is 3.72. The van der Waals surface area contributed by atoms with Crippen molar-refractivity contribution in [1.29, 1.82) is 0 Å². The van der Waals surface area contributed by atoms with E-state index in [-0.39, 0.29) is 79.3 Å². The molecule has 4 fully saturated rings. The van der Waals surface area contributed by atoms with Crippen molar-refractivity contribution in [2.75, 3.05) is 65.2 Å². The highest BCUT2D eigenvalue weighted by Crippen LogP contribution is 2.41. The molecule has 0 radical (unpaired) electrons. The number of halogens is 2. The second-order valence-electron chi connectivity index (χ2n) is 17.1. The second kappa shape index (κ2) is 19.0. The normalized spacial score (nSPS) is 22.0. The molecule has 2 aromatic heterocycles. The molecule has 1 amide bonds. The van der Waals surface area contributed by atoms with Crippen LogP contribution in [0.3, 0.4) is 0 Å². The fraction of sp³-hybridized carbons (Fsp3) is 0.568. The topological polar surface area (TPSA) is 161 Å². The first-order valence-electron chi connectivity index (χ1n) is 21.1. The fourth-order valence-corrected chi connectivity index (χ4v) is 9.13. The number of carbonyl (C=O) groups is 2. The summed E-state index contributed by atoms with van der Waals surface area (Å²) in [4.78, 5) is 42.3. The number of hydrogen-bond acceptors (Lipinski definition) is 13. The predicted octanol–water partition coefficient (Wildman–Crippen LogP) is 6.18. The average molecular weight is 850 g/mol. The van der Waals surface area contributed by atoms with E-state index in [1.165, 1.54) is 13.2 Å². The van der Waals surface area contributed by atoms with E-state index < -0.39 is 11.4 Å². The molecule has 0 saturated carbocycles. The summed E-state index contributed by atoms with van der Waals surface area (Å²) < 4.78 is 62.4. The lowest BCUT2D eigenvalue weighted by molar-refractivity contribution is -0.122. The Morgan fingerprint density at radius 1 is 1.02 bits per heavy atom. The van der Waals surface area contributed by atoms with Crippen molar-refractivity contribution in [2.45, 2.75) is 102 Å². The Bertz CT molecular complexity index is 2190. The van der Waals surface area contributed by atoms with Crippen LogP contribution in [0, 0.1) is 11.6 Å². The standard InChI is InChI=1S/C43H55F2N7O6.CH2O2/c1-7-32-35(44)11-8-25-16-30(56-24-54-6)18-33(36(25)32)38-37(45)39-34(19-47-38)40(51-20-26-9-10-27(21-51)52(26)42(53)58-43(2,3)4)49-41(48-39)55-23-28-17-31(22-50(28)5)57-29-12-14-46-15-13-29;2-1-3/h8,11,16,18-19,26-29,31,46H,7,9-10,12-15,17,20-24H2,1-6H3;1H,(H,2,3)/t26?,27?,28-,31+;/m0./s1. The molecule has 2 aromatic carbocycles. The van der Waals surface area contributed by atoms with Crippen molar-refractivity contribution in [3.8, 4) is 23.0 Å². The van der Waals surface area contributed by atoms with Gasteiger partial charge in [0.25, 0.3) is 6.47 Å². The maximum Gasteiger partial charge on any atom is 0.410 e. The minimum atomic E-state index is -0.689. The van der Waals surface area contributed by atoms with Gasteiger partial charge < -0.3 is 39.0 Å². The first kappa shape index (κ1) is 44.1. The molecular formula is C44H57F2N7O8. The first-order valence-corrected chi connectivity index (χ1v) is 21.1. The molecule has 4 aliphatic rings. The number of likely N-dealkylation sites (N-methyl/N-ethyl adjacent to an activating group) is 1. The Kier molecular flexibility index (Phi) is 13.7. The molecule has 2 unspecified atom stereocenters. The van der Waals surface area contributed by atoms with E-state index in [0.717, 1.165) is 51.7 Å². The molecule has 4 aromatic rings. The second-order valence-corrected chi connectivity index (χ2v) is 17.1. The number of likely N-dealkylation sites (tertiary alicyclic amines) is 1. The minimum Gasteiger partial charge on any atom is -0.483 e. The zero-order valence-corrected chi connectivity index (χ0v) is 35.8. The highest BCUT2D eigenvalue weighted by Gasteiger charge is 2.45. The molecule has 330 valence electrons. The van der Waals surface area contributed by atoms with E-state index in [1.807, 2.05) is 32.6 Å². The van der Waals surface area contributed by atoms with E-state index >= 15 is 8.78 Å². The number of hydrogen-bond donors (Lipinski definition) is 2. The molecular weight excluding hydrogens is 793 g/mol. The Balaban J connectivity index is 0.00000182. The molecule has 4 aliphatic heterocycles.